The quantitative estimate of drug-likeness (QED) is 0.546. The third-order valence-corrected chi connectivity index (χ3v) is 5.90. The second-order valence-electron chi connectivity index (χ2n) is 6.95. The molecule has 0 spiro atoms. The van der Waals surface area contributed by atoms with Crippen molar-refractivity contribution in [2.24, 2.45) is 0 Å². The summed E-state index contributed by atoms with van der Waals surface area (Å²) in [6.45, 7) is 6.20. The summed E-state index contributed by atoms with van der Waals surface area (Å²) >= 11 is 1.44. The summed E-state index contributed by atoms with van der Waals surface area (Å²) in [5, 5.41) is 0.496. The minimum absolute atomic E-state index is 0.0388. The van der Waals surface area contributed by atoms with E-state index in [-0.39, 0.29) is 16.9 Å². The highest BCUT2D eigenvalue weighted by atomic mass is 32.2. The van der Waals surface area contributed by atoms with E-state index in [4.69, 9.17) is 0 Å². The van der Waals surface area contributed by atoms with Crippen LogP contribution in [0.4, 0.5) is 5.69 Å². The number of rotatable bonds is 4. The molecule has 4 rings (SSSR count). The van der Waals surface area contributed by atoms with Crippen LogP contribution in [0.3, 0.4) is 0 Å². The average Bonchev–Trinajstić information content (AvgIpc) is 3.23. The Labute approximate surface area is 162 Å². The van der Waals surface area contributed by atoms with Gasteiger partial charge < -0.3 is 9.88 Å². The molecule has 1 amide bonds. The molecule has 0 aliphatic carbocycles. The van der Waals surface area contributed by atoms with Gasteiger partial charge in [0.05, 0.1) is 16.3 Å². The van der Waals surface area contributed by atoms with Gasteiger partial charge in [0.2, 0.25) is 5.91 Å². The maximum absolute atomic E-state index is 12.9. The molecule has 0 saturated carbocycles. The van der Waals surface area contributed by atoms with Gasteiger partial charge in [0.25, 0.3) is 0 Å². The van der Waals surface area contributed by atoms with E-state index in [2.05, 4.69) is 16.0 Å². The number of hydrogen-bond donors (Lipinski definition) is 1. The summed E-state index contributed by atoms with van der Waals surface area (Å²) < 4.78 is 0. The Morgan fingerprint density at radius 1 is 1.22 bits per heavy atom. The van der Waals surface area contributed by atoms with Gasteiger partial charge in [-0.2, -0.15) is 0 Å². The fourth-order valence-electron chi connectivity index (χ4n) is 3.49. The molecule has 1 atom stereocenters. The van der Waals surface area contributed by atoms with Gasteiger partial charge in [0.15, 0.2) is 10.9 Å². The molecule has 27 heavy (non-hydrogen) atoms. The number of aryl methyl sites for hydroxylation is 1. The number of imidazole rings is 1. The van der Waals surface area contributed by atoms with Crippen LogP contribution in [0.2, 0.25) is 0 Å². The van der Waals surface area contributed by atoms with Crippen molar-refractivity contribution in [3.8, 4) is 0 Å². The van der Waals surface area contributed by atoms with E-state index in [0.29, 0.717) is 12.1 Å². The summed E-state index contributed by atoms with van der Waals surface area (Å²) in [5.41, 5.74) is 5.73. The van der Waals surface area contributed by atoms with Crippen LogP contribution in [0.15, 0.2) is 41.6 Å². The first-order chi connectivity index (χ1) is 12.9. The van der Waals surface area contributed by atoms with Gasteiger partial charge in [-0.15, -0.1) is 0 Å². The number of anilines is 1. The standard InChI is InChI=1S/C21H21N3O2S/c1-12-4-6-17-18(10-12)23-21(22-17)27-13(2)20(26)16-5-7-19-15(11-16)8-9-24(19)14(3)25/h4-7,10-11,13H,8-9H2,1-3H3,(H,22,23)/t13-/m1/s1. The second kappa shape index (κ2) is 6.85. The van der Waals surface area contributed by atoms with Crippen molar-refractivity contribution in [2.75, 3.05) is 11.4 Å². The van der Waals surface area contributed by atoms with Gasteiger partial charge >= 0.3 is 0 Å². The molecule has 1 N–H and O–H groups in total. The Balaban J connectivity index is 1.53. The van der Waals surface area contributed by atoms with Crippen molar-refractivity contribution in [3.63, 3.8) is 0 Å². The van der Waals surface area contributed by atoms with Crippen molar-refractivity contribution in [2.45, 2.75) is 37.6 Å². The van der Waals surface area contributed by atoms with Crippen LogP contribution in [0.25, 0.3) is 11.0 Å². The molecule has 0 bridgehead atoms. The Morgan fingerprint density at radius 3 is 2.81 bits per heavy atom. The molecule has 3 aromatic rings. The highest BCUT2D eigenvalue weighted by molar-refractivity contribution is 8.00. The summed E-state index contributed by atoms with van der Waals surface area (Å²) in [4.78, 5) is 34.2. The predicted molar refractivity (Wildman–Crippen MR) is 109 cm³/mol. The van der Waals surface area contributed by atoms with Crippen molar-refractivity contribution in [1.29, 1.82) is 0 Å². The van der Waals surface area contributed by atoms with Gasteiger partial charge in [0, 0.05) is 24.7 Å². The van der Waals surface area contributed by atoms with Crippen molar-refractivity contribution < 1.29 is 9.59 Å². The Hall–Kier alpha value is -2.60. The number of benzene rings is 2. The first kappa shape index (κ1) is 17.8. The Kier molecular flexibility index (Phi) is 4.52. The van der Waals surface area contributed by atoms with Gasteiger partial charge in [-0.1, -0.05) is 17.8 Å². The van der Waals surface area contributed by atoms with E-state index in [0.717, 1.165) is 33.9 Å². The first-order valence-electron chi connectivity index (χ1n) is 9.00. The number of aromatic amines is 1. The molecule has 5 nitrogen and oxygen atoms in total. The number of amides is 1. The maximum Gasteiger partial charge on any atom is 0.223 e. The summed E-state index contributed by atoms with van der Waals surface area (Å²) in [7, 11) is 0. The molecule has 0 unspecified atom stereocenters. The number of Topliss-reactive ketones (excluding diaryl/α,β-unsaturated/α-hetero) is 1. The molecule has 1 aliphatic rings. The van der Waals surface area contributed by atoms with Crippen LogP contribution in [0.1, 0.15) is 35.3 Å². The van der Waals surface area contributed by atoms with Crippen LogP contribution < -0.4 is 4.90 Å². The van der Waals surface area contributed by atoms with Gasteiger partial charge in [0.1, 0.15) is 0 Å². The number of carbonyl (C=O) groups excluding carboxylic acids is 2. The van der Waals surface area contributed by atoms with E-state index >= 15 is 0 Å². The zero-order valence-electron chi connectivity index (χ0n) is 15.6. The van der Waals surface area contributed by atoms with Crippen molar-refractivity contribution in [1.82, 2.24) is 9.97 Å². The van der Waals surface area contributed by atoms with Crippen LogP contribution in [0.5, 0.6) is 0 Å². The smallest absolute Gasteiger partial charge is 0.223 e. The van der Waals surface area contributed by atoms with Gasteiger partial charge in [-0.25, -0.2) is 4.98 Å². The lowest BCUT2D eigenvalue weighted by Crippen LogP contribution is -2.25. The number of nitrogens with one attached hydrogen (secondary N) is 1. The lowest BCUT2D eigenvalue weighted by Gasteiger charge is -2.15. The summed E-state index contributed by atoms with van der Waals surface area (Å²) in [6, 6.07) is 11.7. The molecular weight excluding hydrogens is 358 g/mol. The van der Waals surface area contributed by atoms with Crippen LogP contribution in [-0.4, -0.2) is 33.5 Å². The number of ketones is 1. The lowest BCUT2D eigenvalue weighted by atomic mass is 10.0. The molecule has 1 aromatic heterocycles. The van der Waals surface area contributed by atoms with Gasteiger partial charge in [-0.05, 0) is 61.7 Å². The number of H-pyrrole nitrogens is 1. The SMILES string of the molecule is CC(=O)N1CCc2cc(C(=O)[C@@H](C)Sc3nc4ccc(C)cc4[nH]3)ccc21. The lowest BCUT2D eigenvalue weighted by molar-refractivity contribution is -0.116. The summed E-state index contributed by atoms with van der Waals surface area (Å²) in [5.74, 6) is 0.109. The molecule has 6 heteroatoms. The zero-order valence-corrected chi connectivity index (χ0v) is 16.4. The number of hydrogen-bond acceptors (Lipinski definition) is 4. The number of fused-ring (bicyclic) bond motifs is 2. The van der Waals surface area contributed by atoms with E-state index in [1.165, 1.54) is 17.3 Å². The average molecular weight is 379 g/mol. The van der Waals surface area contributed by atoms with Crippen LogP contribution >= 0.6 is 11.8 Å². The Morgan fingerprint density at radius 2 is 2.04 bits per heavy atom. The van der Waals surface area contributed by atoms with E-state index in [1.807, 2.05) is 44.2 Å². The third-order valence-electron chi connectivity index (χ3n) is 4.91. The molecule has 0 fully saturated rings. The minimum atomic E-state index is -0.255. The molecule has 2 heterocycles. The molecular formula is C21H21N3O2S. The largest absolute Gasteiger partial charge is 0.333 e. The number of aromatic nitrogens is 2. The fourth-order valence-corrected chi connectivity index (χ4v) is 4.39. The summed E-state index contributed by atoms with van der Waals surface area (Å²) in [6.07, 6.45) is 0.792. The third kappa shape index (κ3) is 3.37. The molecule has 0 saturated heterocycles. The molecule has 1 aliphatic heterocycles. The second-order valence-corrected chi connectivity index (χ2v) is 8.28. The Bertz CT molecular complexity index is 1060. The van der Waals surface area contributed by atoms with E-state index in [9.17, 15) is 9.59 Å². The molecule has 2 aromatic carbocycles. The molecule has 0 radical (unpaired) electrons. The number of carbonyl (C=O) groups is 2. The number of thioether (sulfide) groups is 1. The van der Waals surface area contributed by atoms with E-state index < -0.39 is 0 Å². The van der Waals surface area contributed by atoms with Crippen molar-refractivity contribution in [3.05, 3.63) is 53.1 Å². The molecule has 138 valence electrons. The highest BCUT2D eigenvalue weighted by Gasteiger charge is 2.25. The van der Waals surface area contributed by atoms with E-state index in [1.54, 1.807) is 11.8 Å². The minimum Gasteiger partial charge on any atom is -0.333 e. The predicted octanol–water partition coefficient (Wildman–Crippen LogP) is 4.14. The fraction of sp³-hybridized carbons (Fsp3) is 0.286. The van der Waals surface area contributed by atoms with Crippen molar-refractivity contribution >= 4 is 40.2 Å². The van der Waals surface area contributed by atoms with Crippen LogP contribution in [-0.2, 0) is 11.2 Å². The number of nitrogens with zero attached hydrogens (tertiary/aromatic N) is 2. The zero-order chi connectivity index (χ0) is 19.1. The highest BCUT2D eigenvalue weighted by Crippen LogP contribution is 2.31. The van der Waals surface area contributed by atoms with Gasteiger partial charge in [-0.3, -0.25) is 9.59 Å². The monoisotopic (exact) mass is 379 g/mol. The van der Waals surface area contributed by atoms with Crippen LogP contribution in [0, 0.1) is 6.92 Å². The normalized spacial score (nSPS) is 14.4. The topological polar surface area (TPSA) is 66.1 Å². The maximum atomic E-state index is 12.9. The first-order valence-corrected chi connectivity index (χ1v) is 9.88.